The average molecular weight is 330 g/mol. The summed E-state index contributed by atoms with van der Waals surface area (Å²) in [6.07, 6.45) is 1.82. The highest BCUT2D eigenvalue weighted by Gasteiger charge is 2.14. The van der Waals surface area contributed by atoms with Gasteiger partial charge in [-0.25, -0.2) is 4.79 Å². The summed E-state index contributed by atoms with van der Waals surface area (Å²) in [7, 11) is 0. The van der Waals surface area contributed by atoms with E-state index in [4.69, 9.17) is 9.84 Å². The molecule has 0 spiro atoms. The first-order valence-electron chi connectivity index (χ1n) is 8.00. The Balaban J connectivity index is 1.91. The zero-order valence-corrected chi connectivity index (χ0v) is 13.6. The lowest BCUT2D eigenvalue weighted by molar-refractivity contribution is -0.127. The first kappa shape index (κ1) is 16.7. The number of benzene rings is 3. The van der Waals surface area contributed by atoms with E-state index in [1.54, 1.807) is 24.3 Å². The molecule has 0 fully saturated rings. The fourth-order valence-corrected chi connectivity index (χ4v) is 2.42. The van der Waals surface area contributed by atoms with Crippen LogP contribution in [0.4, 0.5) is 0 Å². The molecular formula is C22H18O3. The minimum absolute atomic E-state index is 0.0442. The molecule has 124 valence electrons. The van der Waals surface area contributed by atoms with Gasteiger partial charge in [-0.1, -0.05) is 72.8 Å². The molecule has 0 saturated carbocycles. The fourth-order valence-electron chi connectivity index (χ4n) is 2.42. The van der Waals surface area contributed by atoms with Crippen LogP contribution < -0.4 is 4.74 Å². The van der Waals surface area contributed by atoms with E-state index in [-0.39, 0.29) is 6.61 Å². The Kier molecular flexibility index (Phi) is 5.39. The van der Waals surface area contributed by atoms with Gasteiger partial charge in [-0.2, -0.15) is 0 Å². The molecule has 3 nitrogen and oxygen atoms in total. The van der Waals surface area contributed by atoms with Crippen molar-refractivity contribution in [3.63, 3.8) is 0 Å². The second-order valence-electron chi connectivity index (χ2n) is 5.53. The maximum absolute atomic E-state index is 12.7. The molecule has 0 radical (unpaired) electrons. The highest BCUT2D eigenvalue weighted by molar-refractivity contribution is 6.22. The van der Waals surface area contributed by atoms with E-state index in [0.29, 0.717) is 11.3 Å². The Morgan fingerprint density at radius 3 is 2.04 bits per heavy atom. The Bertz CT molecular complexity index is 851. The summed E-state index contributed by atoms with van der Waals surface area (Å²) in [4.78, 5) is 12.7. The minimum Gasteiger partial charge on any atom is -0.423 e. The molecule has 25 heavy (non-hydrogen) atoms. The van der Waals surface area contributed by atoms with Crippen LogP contribution in [0.15, 0.2) is 84.9 Å². The van der Waals surface area contributed by atoms with Crippen LogP contribution in [0.3, 0.4) is 0 Å². The predicted octanol–water partition coefficient (Wildman–Crippen LogP) is 4.33. The summed E-state index contributed by atoms with van der Waals surface area (Å²) in [6.45, 7) is -0.0442. The maximum atomic E-state index is 12.7. The summed E-state index contributed by atoms with van der Waals surface area (Å²) in [5.74, 6) is 0.0175. The third-order valence-electron chi connectivity index (χ3n) is 3.73. The van der Waals surface area contributed by atoms with Gasteiger partial charge in [-0.3, -0.25) is 0 Å². The first-order valence-corrected chi connectivity index (χ1v) is 8.00. The molecule has 0 heterocycles. The van der Waals surface area contributed by atoms with Crippen molar-refractivity contribution in [1.82, 2.24) is 0 Å². The number of rotatable bonds is 5. The van der Waals surface area contributed by atoms with Crippen LogP contribution in [0, 0.1) is 0 Å². The van der Waals surface area contributed by atoms with Crippen molar-refractivity contribution in [2.45, 2.75) is 6.61 Å². The van der Waals surface area contributed by atoms with Crippen LogP contribution in [0.2, 0.25) is 0 Å². The summed E-state index contributed by atoms with van der Waals surface area (Å²) >= 11 is 0. The normalized spacial score (nSPS) is 11.2. The lowest BCUT2D eigenvalue weighted by atomic mass is 10.0. The summed E-state index contributed by atoms with van der Waals surface area (Å²) in [6, 6.07) is 25.9. The van der Waals surface area contributed by atoms with Gasteiger partial charge in [0.2, 0.25) is 0 Å². The number of carbonyl (C=O) groups excluding carboxylic acids is 1. The van der Waals surface area contributed by atoms with Crippen LogP contribution in [0.5, 0.6) is 5.75 Å². The smallest absolute Gasteiger partial charge is 0.344 e. The summed E-state index contributed by atoms with van der Waals surface area (Å²) in [5, 5.41) is 9.09. The molecule has 0 amide bonds. The van der Waals surface area contributed by atoms with Gasteiger partial charge in [-0.15, -0.1) is 0 Å². The molecule has 0 saturated heterocycles. The molecule has 3 heteroatoms. The molecule has 0 bridgehead atoms. The largest absolute Gasteiger partial charge is 0.423 e. The van der Waals surface area contributed by atoms with Crippen LogP contribution in [-0.4, -0.2) is 11.1 Å². The molecule has 3 rings (SSSR count). The zero-order chi connectivity index (χ0) is 17.5. The second-order valence-corrected chi connectivity index (χ2v) is 5.53. The third kappa shape index (κ3) is 4.43. The van der Waals surface area contributed by atoms with Crippen molar-refractivity contribution in [3.05, 3.63) is 102 Å². The van der Waals surface area contributed by atoms with Gasteiger partial charge in [0.05, 0.1) is 12.2 Å². The van der Waals surface area contributed by atoms with Gasteiger partial charge in [0, 0.05) is 0 Å². The Hall–Kier alpha value is -3.17. The summed E-state index contributed by atoms with van der Waals surface area (Å²) < 4.78 is 5.51. The molecule has 0 aliphatic heterocycles. The van der Waals surface area contributed by atoms with E-state index in [1.807, 2.05) is 66.7 Å². The van der Waals surface area contributed by atoms with Gasteiger partial charge >= 0.3 is 5.97 Å². The molecule has 0 aliphatic rings. The lowest BCUT2D eigenvalue weighted by Gasteiger charge is -2.09. The van der Waals surface area contributed by atoms with E-state index in [2.05, 4.69) is 0 Å². The number of aliphatic hydroxyl groups is 1. The third-order valence-corrected chi connectivity index (χ3v) is 3.73. The molecule has 3 aromatic rings. The van der Waals surface area contributed by atoms with Crippen molar-refractivity contribution >= 4 is 17.6 Å². The van der Waals surface area contributed by atoms with Crippen LogP contribution >= 0.6 is 0 Å². The highest BCUT2D eigenvalue weighted by atomic mass is 16.5. The van der Waals surface area contributed by atoms with Crippen molar-refractivity contribution < 1.29 is 14.6 Å². The van der Waals surface area contributed by atoms with Crippen LogP contribution in [0.25, 0.3) is 11.6 Å². The standard InChI is InChI=1S/C22H18O3/c23-16-18-11-13-20(14-12-18)25-22(24)21(19-9-5-2-6-10-19)15-17-7-3-1-4-8-17/h1-15,23H,16H2/b21-15+. The van der Waals surface area contributed by atoms with E-state index >= 15 is 0 Å². The number of ether oxygens (including phenoxy) is 1. The number of hydrogen-bond acceptors (Lipinski definition) is 3. The van der Waals surface area contributed by atoms with Crippen molar-refractivity contribution in [3.8, 4) is 5.75 Å². The molecule has 0 unspecified atom stereocenters. The summed E-state index contributed by atoms with van der Waals surface area (Å²) in [5.41, 5.74) is 2.97. The Labute approximate surface area is 146 Å². The van der Waals surface area contributed by atoms with E-state index in [1.165, 1.54) is 0 Å². The van der Waals surface area contributed by atoms with E-state index in [0.717, 1.165) is 16.7 Å². The van der Waals surface area contributed by atoms with Gasteiger partial charge in [-0.05, 0) is 34.9 Å². The number of hydrogen-bond donors (Lipinski definition) is 1. The SMILES string of the molecule is O=C(Oc1ccc(CO)cc1)/C(=C/c1ccccc1)c1ccccc1. The fraction of sp³-hybridized carbons (Fsp3) is 0.0455. The monoisotopic (exact) mass is 330 g/mol. The number of esters is 1. The molecule has 0 atom stereocenters. The quantitative estimate of drug-likeness (QED) is 0.328. The average Bonchev–Trinajstić information content (AvgIpc) is 2.68. The van der Waals surface area contributed by atoms with Crippen molar-refractivity contribution in [2.24, 2.45) is 0 Å². The second kappa shape index (κ2) is 8.08. The minimum atomic E-state index is -0.424. The topological polar surface area (TPSA) is 46.5 Å². The number of aliphatic hydroxyl groups excluding tert-OH is 1. The van der Waals surface area contributed by atoms with Gasteiger partial charge in [0.25, 0.3) is 0 Å². The van der Waals surface area contributed by atoms with Gasteiger partial charge in [0.1, 0.15) is 5.75 Å². The van der Waals surface area contributed by atoms with Gasteiger partial charge < -0.3 is 9.84 Å². The molecule has 3 aromatic carbocycles. The first-order chi connectivity index (χ1) is 12.3. The Morgan fingerprint density at radius 2 is 1.44 bits per heavy atom. The van der Waals surface area contributed by atoms with Crippen LogP contribution in [-0.2, 0) is 11.4 Å². The van der Waals surface area contributed by atoms with Gasteiger partial charge in [0.15, 0.2) is 0 Å². The highest BCUT2D eigenvalue weighted by Crippen LogP contribution is 2.22. The lowest BCUT2D eigenvalue weighted by Crippen LogP contribution is -2.10. The molecule has 1 N–H and O–H groups in total. The molecule has 0 aliphatic carbocycles. The van der Waals surface area contributed by atoms with E-state index < -0.39 is 5.97 Å². The Morgan fingerprint density at radius 1 is 0.840 bits per heavy atom. The van der Waals surface area contributed by atoms with Crippen LogP contribution in [0.1, 0.15) is 16.7 Å². The van der Waals surface area contributed by atoms with Crippen molar-refractivity contribution in [2.75, 3.05) is 0 Å². The molecular weight excluding hydrogens is 312 g/mol. The molecule has 0 aromatic heterocycles. The number of carbonyl (C=O) groups is 1. The maximum Gasteiger partial charge on any atom is 0.344 e. The van der Waals surface area contributed by atoms with Crippen molar-refractivity contribution in [1.29, 1.82) is 0 Å². The van der Waals surface area contributed by atoms with E-state index in [9.17, 15) is 4.79 Å². The predicted molar refractivity (Wildman–Crippen MR) is 98.8 cm³/mol. The zero-order valence-electron chi connectivity index (χ0n) is 13.6.